The average molecular weight is 512 g/mol. The molecule has 6 nitrogen and oxygen atoms in total. The second-order valence-electron chi connectivity index (χ2n) is 9.01. The highest BCUT2D eigenvalue weighted by Gasteiger charge is 2.42. The summed E-state index contributed by atoms with van der Waals surface area (Å²) in [6.45, 7) is 2.78. The number of Topliss-reactive ketones (excluding diaryl/α,β-unsaturated/α-hetero) is 2. The molecule has 2 aromatic rings. The molecule has 2 aliphatic carbocycles. The largest absolute Gasteiger partial charge is 0.379 e. The van der Waals surface area contributed by atoms with E-state index >= 15 is 0 Å². The summed E-state index contributed by atoms with van der Waals surface area (Å²) >= 11 is 5.86. The van der Waals surface area contributed by atoms with E-state index in [1.807, 2.05) is 0 Å². The molecule has 0 unspecified atom stereocenters. The molecule has 0 atom stereocenters. The summed E-state index contributed by atoms with van der Waals surface area (Å²) in [4.78, 5) is 28.5. The maximum absolute atomic E-state index is 13.2. The zero-order valence-electron chi connectivity index (χ0n) is 19.4. The number of hydrogen-bond donors (Lipinski definition) is 0. The maximum Gasteiger partial charge on any atom is 0.339 e. The summed E-state index contributed by atoms with van der Waals surface area (Å²) in [5.74, 6) is -0.0936. The molecule has 0 radical (unpaired) electrons. The molecule has 0 saturated carbocycles. The van der Waals surface area contributed by atoms with Crippen molar-refractivity contribution < 1.29 is 22.2 Å². The molecule has 35 heavy (non-hydrogen) atoms. The van der Waals surface area contributed by atoms with Gasteiger partial charge in [-0.3, -0.25) is 9.59 Å². The summed E-state index contributed by atoms with van der Waals surface area (Å²) in [6, 6.07) is 12.4. The molecule has 1 heterocycles. The van der Waals surface area contributed by atoms with Gasteiger partial charge in [-0.1, -0.05) is 23.7 Å². The molecule has 0 aromatic heterocycles. The number of hydrogen-bond acceptors (Lipinski definition) is 6. The van der Waals surface area contributed by atoms with Crippen molar-refractivity contribution in [1.29, 1.82) is 0 Å². The highest BCUT2D eigenvalue weighted by Crippen LogP contribution is 2.49. The van der Waals surface area contributed by atoms with Gasteiger partial charge in [0.15, 0.2) is 11.6 Å². The smallest absolute Gasteiger partial charge is 0.339 e. The van der Waals surface area contributed by atoms with Crippen LogP contribution in [0.25, 0.3) is 0 Å². The van der Waals surface area contributed by atoms with Gasteiger partial charge in [-0.2, -0.15) is 8.42 Å². The van der Waals surface area contributed by atoms with Crippen LogP contribution in [0, 0.1) is 0 Å². The molecular formula is C27H26ClNO5S. The Hall–Kier alpha value is -2.90. The third kappa shape index (κ3) is 4.32. The minimum Gasteiger partial charge on any atom is -0.379 e. The first-order valence-electron chi connectivity index (χ1n) is 11.9. The number of allylic oxidation sites excluding steroid dienone is 4. The van der Waals surface area contributed by atoms with Gasteiger partial charge >= 0.3 is 10.1 Å². The van der Waals surface area contributed by atoms with Crippen LogP contribution in [0.1, 0.15) is 56.9 Å². The van der Waals surface area contributed by atoms with Gasteiger partial charge < -0.3 is 9.08 Å². The van der Waals surface area contributed by atoms with Crippen molar-refractivity contribution in [2.75, 3.05) is 6.54 Å². The molecule has 3 aliphatic rings. The van der Waals surface area contributed by atoms with Gasteiger partial charge in [0, 0.05) is 52.9 Å². The van der Waals surface area contributed by atoms with Gasteiger partial charge in [-0.05, 0) is 74.6 Å². The third-order valence-electron chi connectivity index (χ3n) is 6.92. The second-order valence-corrected chi connectivity index (χ2v) is 11.0. The average Bonchev–Trinajstić information content (AvgIpc) is 2.84. The highest BCUT2D eigenvalue weighted by molar-refractivity contribution is 7.87. The first kappa shape index (κ1) is 23.8. The van der Waals surface area contributed by atoms with Crippen molar-refractivity contribution in [1.82, 2.24) is 4.90 Å². The van der Waals surface area contributed by atoms with Crippen molar-refractivity contribution in [2.45, 2.75) is 56.3 Å². The fraction of sp³-hybridized carbons (Fsp3) is 0.333. The molecule has 2 aromatic carbocycles. The monoisotopic (exact) mass is 511 g/mol. The number of rotatable bonds is 5. The highest BCUT2D eigenvalue weighted by atomic mass is 35.5. The summed E-state index contributed by atoms with van der Waals surface area (Å²) in [5.41, 5.74) is 4.30. The normalized spacial score (nSPS) is 19.1. The third-order valence-corrected chi connectivity index (χ3v) is 8.44. The molecule has 0 saturated heterocycles. The number of benzene rings is 2. The van der Waals surface area contributed by atoms with Crippen LogP contribution in [-0.4, -0.2) is 31.4 Å². The molecular weight excluding hydrogens is 486 g/mol. The van der Waals surface area contributed by atoms with Crippen LogP contribution < -0.4 is 4.18 Å². The van der Waals surface area contributed by atoms with Crippen molar-refractivity contribution in [3.63, 3.8) is 0 Å². The first-order chi connectivity index (χ1) is 16.8. The molecule has 1 aliphatic heterocycles. The quantitative estimate of drug-likeness (QED) is 0.490. The summed E-state index contributed by atoms with van der Waals surface area (Å²) < 4.78 is 30.6. The van der Waals surface area contributed by atoms with E-state index in [2.05, 4.69) is 11.8 Å². The lowest BCUT2D eigenvalue weighted by Crippen LogP contribution is -2.39. The van der Waals surface area contributed by atoms with E-state index in [0.717, 1.165) is 60.3 Å². The Labute approximate surface area is 210 Å². The van der Waals surface area contributed by atoms with E-state index < -0.39 is 16.0 Å². The second kappa shape index (κ2) is 9.28. The number of carbonyl (C=O) groups excluding carboxylic acids is 2. The van der Waals surface area contributed by atoms with E-state index in [-0.39, 0.29) is 22.2 Å². The Morgan fingerprint density at radius 3 is 1.91 bits per heavy atom. The zero-order valence-corrected chi connectivity index (χ0v) is 21.0. The Balaban J connectivity index is 1.52. The molecule has 0 amide bonds. The van der Waals surface area contributed by atoms with Crippen LogP contribution in [0.4, 0.5) is 0 Å². The minimum atomic E-state index is -4.03. The molecule has 0 N–H and O–H groups in total. The van der Waals surface area contributed by atoms with Crippen LogP contribution in [0.3, 0.4) is 0 Å². The van der Waals surface area contributed by atoms with E-state index in [1.165, 1.54) is 24.3 Å². The van der Waals surface area contributed by atoms with Gasteiger partial charge in [0.1, 0.15) is 10.6 Å². The molecule has 0 spiro atoms. The zero-order chi connectivity index (χ0) is 24.7. The summed E-state index contributed by atoms with van der Waals surface area (Å²) in [5, 5.41) is 0.430. The number of carbonyl (C=O) groups is 2. The van der Waals surface area contributed by atoms with Gasteiger partial charge in [0.2, 0.25) is 0 Å². The van der Waals surface area contributed by atoms with Crippen LogP contribution in [-0.2, 0) is 19.7 Å². The van der Waals surface area contributed by atoms with Crippen LogP contribution in [0.2, 0.25) is 5.02 Å². The Bertz CT molecular complexity index is 1310. The fourth-order valence-electron chi connectivity index (χ4n) is 5.42. The SMILES string of the molecule is CCN1C2=C(C(=O)CCC2)C(c2ccc(OS(=O)(=O)c3ccc(Cl)cc3)cc2)C2=C1CCCC2=O. The molecule has 182 valence electrons. The van der Waals surface area contributed by atoms with Gasteiger partial charge in [-0.25, -0.2) is 0 Å². The van der Waals surface area contributed by atoms with Crippen LogP contribution >= 0.6 is 11.6 Å². The lowest BCUT2D eigenvalue weighted by Gasteiger charge is -2.43. The molecule has 0 fully saturated rings. The first-order valence-corrected chi connectivity index (χ1v) is 13.7. The van der Waals surface area contributed by atoms with Crippen LogP contribution in [0.15, 0.2) is 76.0 Å². The summed E-state index contributed by atoms with van der Waals surface area (Å²) in [7, 11) is -4.03. The maximum atomic E-state index is 13.2. The van der Waals surface area contributed by atoms with Crippen molar-refractivity contribution in [2.24, 2.45) is 0 Å². The Morgan fingerprint density at radius 2 is 1.40 bits per heavy atom. The summed E-state index contributed by atoms with van der Waals surface area (Å²) in [6.07, 6.45) is 4.21. The minimum absolute atomic E-state index is 0.00288. The van der Waals surface area contributed by atoms with Crippen LogP contribution in [0.5, 0.6) is 5.75 Å². The van der Waals surface area contributed by atoms with E-state index in [0.29, 0.717) is 17.9 Å². The molecule has 0 bridgehead atoms. The predicted molar refractivity (Wildman–Crippen MR) is 133 cm³/mol. The van der Waals surface area contributed by atoms with Gasteiger partial charge in [0.05, 0.1) is 0 Å². The van der Waals surface area contributed by atoms with E-state index in [9.17, 15) is 18.0 Å². The van der Waals surface area contributed by atoms with Gasteiger partial charge in [-0.15, -0.1) is 0 Å². The Kier molecular flexibility index (Phi) is 6.32. The predicted octanol–water partition coefficient (Wildman–Crippen LogP) is 5.54. The van der Waals surface area contributed by atoms with E-state index in [4.69, 9.17) is 15.8 Å². The number of halogens is 1. The van der Waals surface area contributed by atoms with Crippen molar-refractivity contribution in [3.8, 4) is 5.75 Å². The van der Waals surface area contributed by atoms with E-state index in [1.54, 1.807) is 24.3 Å². The lowest BCUT2D eigenvalue weighted by molar-refractivity contribution is -0.117. The molecule has 8 heteroatoms. The molecule has 5 rings (SSSR count). The Morgan fingerprint density at radius 1 is 0.857 bits per heavy atom. The van der Waals surface area contributed by atoms with Crippen molar-refractivity contribution >= 4 is 33.3 Å². The lowest BCUT2D eigenvalue weighted by atomic mass is 9.71. The number of nitrogens with zero attached hydrogens (tertiary/aromatic N) is 1. The topological polar surface area (TPSA) is 80.8 Å². The standard InChI is InChI=1S/C27H26ClNO5S/c1-2-29-21-5-3-7-23(30)26(21)25(27-22(29)6-4-8-24(27)31)17-9-13-19(14-10-17)34-35(32,33)20-15-11-18(28)12-16-20/h9-16,25H,2-8H2,1H3. The fourth-order valence-corrected chi connectivity index (χ4v) is 6.48. The van der Waals surface area contributed by atoms with Gasteiger partial charge in [0.25, 0.3) is 0 Å². The van der Waals surface area contributed by atoms with Crippen molar-refractivity contribution in [3.05, 3.63) is 81.7 Å². The number of ketones is 2.